The lowest BCUT2D eigenvalue weighted by Gasteiger charge is -2.39. The second-order valence-electron chi connectivity index (χ2n) is 10.4. The third kappa shape index (κ3) is 5.40. The molecule has 2 amide bonds. The number of likely N-dealkylation sites (tertiary alicyclic amines) is 1. The third-order valence-electron chi connectivity index (χ3n) is 8.03. The zero-order valence-electron chi connectivity index (χ0n) is 22.0. The van der Waals surface area contributed by atoms with Crippen LogP contribution in [0.2, 0.25) is 0 Å². The molecule has 0 aromatic rings. The highest BCUT2D eigenvalue weighted by Gasteiger charge is 2.75. The van der Waals surface area contributed by atoms with Gasteiger partial charge in [-0.3, -0.25) is 14.4 Å². The van der Waals surface area contributed by atoms with Crippen LogP contribution in [0.3, 0.4) is 0 Å². The van der Waals surface area contributed by atoms with Crippen molar-refractivity contribution in [3.8, 4) is 0 Å². The maximum atomic E-state index is 14.2. The molecule has 202 valence electrons. The fourth-order valence-corrected chi connectivity index (χ4v) is 6.38. The summed E-state index contributed by atoms with van der Waals surface area (Å²) < 4.78 is 12.0. The first-order valence-corrected chi connectivity index (χ1v) is 13.7. The summed E-state index contributed by atoms with van der Waals surface area (Å²) in [5.74, 6) is -2.11. The molecule has 3 saturated heterocycles. The maximum Gasteiger partial charge on any atom is 0.312 e. The first-order valence-electron chi connectivity index (χ1n) is 13.7. The molecule has 0 saturated carbocycles. The lowest BCUT2D eigenvalue weighted by atomic mass is 9.70. The molecule has 0 aromatic carbocycles. The Hall–Kier alpha value is -2.19. The number of aliphatic hydroxyl groups is 1. The van der Waals surface area contributed by atoms with Crippen LogP contribution < -0.4 is 0 Å². The Bertz CT molecular complexity index is 816. The summed E-state index contributed by atoms with van der Waals surface area (Å²) in [4.78, 5) is 44.7. The number of carbonyl (C=O) groups is 3. The molecule has 36 heavy (non-hydrogen) atoms. The molecule has 8 heteroatoms. The predicted molar refractivity (Wildman–Crippen MR) is 137 cm³/mol. The highest BCUT2D eigenvalue weighted by atomic mass is 16.6. The van der Waals surface area contributed by atoms with Crippen LogP contribution in [0.4, 0.5) is 0 Å². The van der Waals surface area contributed by atoms with Crippen LogP contribution in [-0.4, -0.2) is 82.8 Å². The second-order valence-corrected chi connectivity index (χ2v) is 10.4. The van der Waals surface area contributed by atoms with Crippen molar-refractivity contribution in [3.05, 3.63) is 25.3 Å². The molecule has 1 spiro atoms. The van der Waals surface area contributed by atoms with Gasteiger partial charge in [-0.1, -0.05) is 38.3 Å². The minimum absolute atomic E-state index is 0.00396. The van der Waals surface area contributed by atoms with Gasteiger partial charge in [0.05, 0.1) is 24.5 Å². The van der Waals surface area contributed by atoms with Gasteiger partial charge in [0.1, 0.15) is 11.6 Å². The fraction of sp³-hybridized carbons (Fsp3) is 0.750. The van der Waals surface area contributed by atoms with Gasteiger partial charge in [-0.15, -0.1) is 13.2 Å². The lowest BCUT2D eigenvalue weighted by molar-refractivity contribution is -0.155. The van der Waals surface area contributed by atoms with Crippen LogP contribution in [0.25, 0.3) is 0 Å². The molecule has 8 nitrogen and oxygen atoms in total. The van der Waals surface area contributed by atoms with E-state index in [0.717, 1.165) is 32.1 Å². The zero-order chi connectivity index (χ0) is 26.3. The van der Waals surface area contributed by atoms with Crippen LogP contribution in [0.1, 0.15) is 71.6 Å². The Labute approximate surface area is 215 Å². The van der Waals surface area contributed by atoms with Crippen molar-refractivity contribution in [2.45, 2.75) is 95.4 Å². The number of hydrogen-bond acceptors (Lipinski definition) is 6. The number of amides is 2. The average Bonchev–Trinajstić information content (AvgIpc) is 3.50. The van der Waals surface area contributed by atoms with Gasteiger partial charge < -0.3 is 24.4 Å². The van der Waals surface area contributed by atoms with Crippen molar-refractivity contribution in [3.63, 3.8) is 0 Å². The lowest BCUT2D eigenvalue weighted by Crippen LogP contribution is -2.57. The zero-order valence-corrected chi connectivity index (χ0v) is 22.0. The van der Waals surface area contributed by atoms with Crippen molar-refractivity contribution >= 4 is 17.8 Å². The third-order valence-corrected chi connectivity index (χ3v) is 8.03. The van der Waals surface area contributed by atoms with Crippen molar-refractivity contribution in [1.29, 1.82) is 0 Å². The largest absolute Gasteiger partial charge is 0.465 e. The van der Waals surface area contributed by atoms with E-state index in [1.54, 1.807) is 17.1 Å². The monoisotopic (exact) mass is 504 g/mol. The van der Waals surface area contributed by atoms with Crippen LogP contribution in [-0.2, 0) is 23.9 Å². The van der Waals surface area contributed by atoms with Crippen molar-refractivity contribution in [2.24, 2.45) is 11.8 Å². The number of esters is 1. The average molecular weight is 505 g/mol. The maximum absolute atomic E-state index is 14.2. The van der Waals surface area contributed by atoms with E-state index >= 15 is 0 Å². The van der Waals surface area contributed by atoms with Gasteiger partial charge in [-0.25, -0.2) is 0 Å². The number of unbranched alkanes of at least 4 members (excludes halogenated alkanes) is 3. The highest BCUT2D eigenvalue weighted by Crippen LogP contribution is 2.58. The van der Waals surface area contributed by atoms with Gasteiger partial charge in [0, 0.05) is 25.7 Å². The predicted octanol–water partition coefficient (Wildman–Crippen LogP) is 3.24. The molecule has 0 radical (unpaired) electrons. The van der Waals surface area contributed by atoms with Crippen LogP contribution in [0.15, 0.2) is 25.3 Å². The molecule has 3 aliphatic heterocycles. The Kier molecular flexibility index (Phi) is 10.1. The van der Waals surface area contributed by atoms with Crippen LogP contribution >= 0.6 is 0 Å². The van der Waals surface area contributed by atoms with E-state index in [0.29, 0.717) is 38.8 Å². The highest BCUT2D eigenvalue weighted by molar-refractivity contribution is 5.98. The molecule has 0 aliphatic carbocycles. The number of aliphatic hydroxyl groups excluding tert-OH is 1. The van der Waals surface area contributed by atoms with Gasteiger partial charge >= 0.3 is 5.97 Å². The first kappa shape index (κ1) is 28.4. The minimum Gasteiger partial charge on any atom is -0.465 e. The van der Waals surface area contributed by atoms with E-state index in [-0.39, 0.29) is 31.1 Å². The number of nitrogens with zero attached hydrogens (tertiary/aromatic N) is 2. The Morgan fingerprint density at radius 3 is 2.69 bits per heavy atom. The quantitative estimate of drug-likeness (QED) is 0.197. The molecule has 3 rings (SSSR count). The van der Waals surface area contributed by atoms with Gasteiger partial charge in [0.15, 0.2) is 0 Å². The molecule has 6 atom stereocenters. The number of fused-ring (bicyclic) bond motifs is 1. The molecule has 0 aromatic heterocycles. The van der Waals surface area contributed by atoms with Gasteiger partial charge in [-0.2, -0.15) is 0 Å². The summed E-state index contributed by atoms with van der Waals surface area (Å²) >= 11 is 0. The van der Waals surface area contributed by atoms with Crippen LogP contribution in [0.5, 0.6) is 0 Å². The number of ether oxygens (including phenoxy) is 2. The number of hydrogen-bond donors (Lipinski definition) is 1. The second kappa shape index (κ2) is 12.9. The van der Waals surface area contributed by atoms with Crippen LogP contribution in [0, 0.1) is 11.8 Å². The number of rotatable bonds is 16. The van der Waals surface area contributed by atoms with E-state index in [9.17, 15) is 14.4 Å². The SMILES string of the molecule is C=CCCOC(=O)[C@@H]1[C@H]2C(=O)N(CCCCCCO)C(C(=O)N(CC=C)C(C)CCC)C23CC[C@H]1O3. The fourth-order valence-electron chi connectivity index (χ4n) is 6.38. The number of carbonyl (C=O) groups excluding carboxylic acids is 3. The molecule has 1 N–H and O–H groups in total. The molecule has 3 heterocycles. The Morgan fingerprint density at radius 2 is 2.03 bits per heavy atom. The Morgan fingerprint density at radius 1 is 1.28 bits per heavy atom. The van der Waals surface area contributed by atoms with Crippen molar-refractivity contribution in [1.82, 2.24) is 9.80 Å². The normalized spacial score (nSPS) is 29.2. The van der Waals surface area contributed by atoms with E-state index in [1.807, 2.05) is 11.8 Å². The first-order chi connectivity index (χ1) is 17.4. The van der Waals surface area contributed by atoms with Gasteiger partial charge in [-0.05, 0) is 45.4 Å². The smallest absolute Gasteiger partial charge is 0.312 e. The Balaban J connectivity index is 1.92. The summed E-state index contributed by atoms with van der Waals surface area (Å²) in [6.45, 7) is 12.8. The minimum atomic E-state index is -1.00. The van der Waals surface area contributed by atoms with Gasteiger partial charge in [0.25, 0.3) is 0 Å². The molecule has 3 unspecified atom stereocenters. The standard InChI is InChI=1S/C28H44N2O6/c1-5-8-19-35-27(34)22-21-14-15-28(36-21)23(22)25(32)30(17-11-9-10-12-18-31)24(28)26(33)29(16-7-3)20(4)13-6-2/h5,7,20-24,31H,1,3,6,8-19H2,2,4H3/t20?,21-,22+,23+,24?,28?/m1/s1. The van der Waals surface area contributed by atoms with E-state index in [4.69, 9.17) is 14.6 Å². The summed E-state index contributed by atoms with van der Waals surface area (Å²) in [6.07, 6.45) is 9.69. The van der Waals surface area contributed by atoms with E-state index in [1.165, 1.54) is 0 Å². The van der Waals surface area contributed by atoms with Gasteiger partial charge in [0.2, 0.25) is 11.8 Å². The van der Waals surface area contributed by atoms with E-state index < -0.39 is 35.6 Å². The summed E-state index contributed by atoms with van der Waals surface area (Å²) in [7, 11) is 0. The molecular weight excluding hydrogens is 460 g/mol. The molecule has 3 fully saturated rings. The van der Waals surface area contributed by atoms with Crippen molar-refractivity contribution < 1.29 is 29.0 Å². The topological polar surface area (TPSA) is 96.4 Å². The summed E-state index contributed by atoms with van der Waals surface area (Å²) in [5.41, 5.74) is -1.00. The van der Waals surface area contributed by atoms with Crippen molar-refractivity contribution in [2.75, 3.05) is 26.3 Å². The van der Waals surface area contributed by atoms with E-state index in [2.05, 4.69) is 20.1 Å². The summed E-state index contributed by atoms with van der Waals surface area (Å²) in [5, 5.41) is 9.09. The molecular formula is C28H44N2O6. The molecule has 3 aliphatic rings. The molecule has 2 bridgehead atoms. The summed E-state index contributed by atoms with van der Waals surface area (Å²) in [6, 6.07) is -0.765.